The van der Waals surface area contributed by atoms with Crippen molar-refractivity contribution >= 4 is 26.3 Å². The number of nitriles is 1. The van der Waals surface area contributed by atoms with Gasteiger partial charge in [0.15, 0.2) is 0 Å². The number of hydrogen-bond acceptors (Lipinski definition) is 7. The molecule has 2 heterocycles. The zero-order chi connectivity index (χ0) is 18.2. The average molecular weight is 388 g/mol. The highest BCUT2D eigenvalue weighted by Crippen LogP contribution is 2.29. The first-order valence-corrected chi connectivity index (χ1v) is 8.79. The van der Waals surface area contributed by atoms with E-state index in [9.17, 15) is 21.6 Å². The standard InChI is InChI=1S/C12H7F3N6O2S2/c13-12(14,15)10-18-19-11-21(10)20-9(24-11)6-17-25(22,23)8-4-2-1-3-7(8)5-16/h1-4,17H,6H2. The van der Waals surface area contributed by atoms with Gasteiger partial charge >= 0.3 is 6.18 Å². The Morgan fingerprint density at radius 1 is 1.28 bits per heavy atom. The van der Waals surface area contributed by atoms with Gasteiger partial charge in [0.1, 0.15) is 11.1 Å². The lowest BCUT2D eigenvalue weighted by molar-refractivity contribution is -0.146. The highest BCUT2D eigenvalue weighted by Gasteiger charge is 2.38. The Balaban J connectivity index is 1.85. The molecule has 3 rings (SSSR count). The molecule has 25 heavy (non-hydrogen) atoms. The topological polar surface area (TPSA) is 113 Å². The van der Waals surface area contributed by atoms with Gasteiger partial charge in [0.2, 0.25) is 15.0 Å². The van der Waals surface area contributed by atoms with Crippen LogP contribution in [0.1, 0.15) is 16.4 Å². The minimum atomic E-state index is -4.73. The summed E-state index contributed by atoms with van der Waals surface area (Å²) in [7, 11) is -4.03. The largest absolute Gasteiger partial charge is 0.453 e. The number of rotatable bonds is 4. The third kappa shape index (κ3) is 3.31. The van der Waals surface area contributed by atoms with Gasteiger partial charge in [-0.25, -0.2) is 13.1 Å². The highest BCUT2D eigenvalue weighted by molar-refractivity contribution is 7.89. The normalized spacial score (nSPS) is 12.4. The van der Waals surface area contributed by atoms with Crippen LogP contribution in [0.3, 0.4) is 0 Å². The SMILES string of the molecule is N#Cc1ccccc1S(=O)(=O)NCc1nn2c(C(F)(F)F)nnc2s1. The third-order valence-corrected chi connectivity index (χ3v) is 5.35. The molecular weight excluding hydrogens is 381 g/mol. The Bertz CT molecular complexity index is 1080. The molecule has 130 valence electrons. The first-order chi connectivity index (χ1) is 11.7. The van der Waals surface area contributed by atoms with Gasteiger partial charge in [-0.3, -0.25) is 0 Å². The molecule has 0 aliphatic rings. The molecule has 1 N–H and O–H groups in total. The van der Waals surface area contributed by atoms with Gasteiger partial charge in [0.25, 0.3) is 5.82 Å². The van der Waals surface area contributed by atoms with Gasteiger partial charge in [-0.05, 0) is 12.1 Å². The number of fused-ring (bicyclic) bond motifs is 1. The van der Waals surface area contributed by atoms with Gasteiger partial charge in [-0.1, -0.05) is 23.5 Å². The monoisotopic (exact) mass is 388 g/mol. The van der Waals surface area contributed by atoms with Crippen molar-refractivity contribution in [2.75, 3.05) is 0 Å². The summed E-state index contributed by atoms with van der Waals surface area (Å²) in [6.45, 7) is -0.354. The summed E-state index contributed by atoms with van der Waals surface area (Å²) >= 11 is 0.766. The summed E-state index contributed by atoms with van der Waals surface area (Å²) in [5, 5.41) is 19.1. The van der Waals surface area contributed by atoms with E-state index in [4.69, 9.17) is 5.26 Å². The number of sulfonamides is 1. The van der Waals surface area contributed by atoms with Crippen LogP contribution in [0.25, 0.3) is 4.96 Å². The van der Waals surface area contributed by atoms with Crippen LogP contribution in [0.5, 0.6) is 0 Å². The van der Waals surface area contributed by atoms with Crippen molar-refractivity contribution in [2.24, 2.45) is 0 Å². The van der Waals surface area contributed by atoms with Crippen LogP contribution in [0, 0.1) is 11.3 Å². The van der Waals surface area contributed by atoms with E-state index in [0.717, 1.165) is 11.3 Å². The van der Waals surface area contributed by atoms with Gasteiger partial charge < -0.3 is 0 Å². The summed E-state index contributed by atoms with van der Waals surface area (Å²) in [5.74, 6) is -1.29. The van der Waals surface area contributed by atoms with E-state index in [-0.39, 0.29) is 27.0 Å². The Morgan fingerprint density at radius 2 is 2.00 bits per heavy atom. The number of aromatic nitrogens is 4. The Labute approximate surface area is 142 Å². The van der Waals surface area contributed by atoms with Crippen molar-refractivity contribution < 1.29 is 21.6 Å². The Morgan fingerprint density at radius 3 is 2.68 bits per heavy atom. The zero-order valence-electron chi connectivity index (χ0n) is 12.0. The molecule has 0 aliphatic heterocycles. The Kier molecular flexibility index (Phi) is 4.19. The summed E-state index contributed by atoms with van der Waals surface area (Å²) in [6, 6.07) is 7.32. The number of hydrogen-bond donors (Lipinski definition) is 1. The molecule has 0 fully saturated rings. The molecule has 0 atom stereocenters. The van der Waals surface area contributed by atoms with E-state index >= 15 is 0 Å². The van der Waals surface area contributed by atoms with Crippen molar-refractivity contribution in [2.45, 2.75) is 17.6 Å². The highest BCUT2D eigenvalue weighted by atomic mass is 32.2. The molecular formula is C12H7F3N6O2S2. The van der Waals surface area contributed by atoms with Crippen LogP contribution in [0.15, 0.2) is 29.2 Å². The van der Waals surface area contributed by atoms with E-state index in [1.165, 1.54) is 24.3 Å². The minimum Gasteiger partial charge on any atom is -0.207 e. The number of nitrogens with one attached hydrogen (secondary N) is 1. The van der Waals surface area contributed by atoms with Crippen LogP contribution in [-0.2, 0) is 22.7 Å². The first kappa shape index (κ1) is 17.3. The molecule has 0 unspecified atom stereocenters. The lowest BCUT2D eigenvalue weighted by Crippen LogP contribution is -2.24. The summed E-state index contributed by atoms with van der Waals surface area (Å²) < 4.78 is 65.5. The molecule has 13 heteroatoms. The molecule has 0 saturated heterocycles. The van der Waals surface area contributed by atoms with Gasteiger partial charge in [0.05, 0.1) is 17.0 Å². The molecule has 1 aromatic carbocycles. The molecule has 0 radical (unpaired) electrons. The smallest absolute Gasteiger partial charge is 0.207 e. The summed E-state index contributed by atoms with van der Waals surface area (Å²) in [4.78, 5) is -0.338. The molecule has 0 amide bonds. The van der Waals surface area contributed by atoms with E-state index in [2.05, 4.69) is 20.0 Å². The number of alkyl halides is 3. The zero-order valence-corrected chi connectivity index (χ0v) is 13.7. The van der Waals surface area contributed by atoms with Gasteiger partial charge in [0, 0.05) is 0 Å². The van der Waals surface area contributed by atoms with Crippen LogP contribution >= 0.6 is 11.3 Å². The van der Waals surface area contributed by atoms with Crippen LogP contribution < -0.4 is 4.72 Å². The fourth-order valence-electron chi connectivity index (χ4n) is 1.93. The maximum atomic E-state index is 12.7. The van der Waals surface area contributed by atoms with Crippen molar-refractivity contribution in [3.05, 3.63) is 40.7 Å². The predicted molar refractivity (Wildman–Crippen MR) is 78.8 cm³/mol. The molecule has 3 aromatic rings. The first-order valence-electron chi connectivity index (χ1n) is 6.49. The van der Waals surface area contributed by atoms with Gasteiger partial charge in [-0.2, -0.15) is 28.0 Å². The number of halogens is 3. The van der Waals surface area contributed by atoms with Crippen molar-refractivity contribution in [3.8, 4) is 6.07 Å². The Hall–Kier alpha value is -2.56. The van der Waals surface area contributed by atoms with E-state index in [1.54, 1.807) is 6.07 Å². The third-order valence-electron chi connectivity index (χ3n) is 3.00. The van der Waals surface area contributed by atoms with E-state index in [1.807, 2.05) is 0 Å². The lowest BCUT2D eigenvalue weighted by Gasteiger charge is -2.06. The average Bonchev–Trinajstić information content (AvgIpc) is 3.12. The van der Waals surface area contributed by atoms with Crippen LogP contribution in [0.2, 0.25) is 0 Å². The van der Waals surface area contributed by atoms with Crippen molar-refractivity contribution in [1.29, 1.82) is 5.26 Å². The maximum Gasteiger partial charge on any atom is 0.453 e. The number of benzene rings is 1. The predicted octanol–water partition coefficient (Wildman–Crippen LogP) is 1.55. The molecule has 2 aromatic heterocycles. The second kappa shape index (κ2) is 6.06. The quantitative estimate of drug-likeness (QED) is 0.726. The fourth-order valence-corrected chi connectivity index (χ4v) is 3.94. The van der Waals surface area contributed by atoms with Crippen LogP contribution in [-0.4, -0.2) is 28.2 Å². The molecule has 8 nitrogen and oxygen atoms in total. The second-order valence-electron chi connectivity index (χ2n) is 4.64. The summed E-state index contributed by atoms with van der Waals surface area (Å²) in [6.07, 6.45) is -4.73. The molecule has 0 aliphatic carbocycles. The lowest BCUT2D eigenvalue weighted by atomic mass is 10.2. The fraction of sp³-hybridized carbons (Fsp3) is 0.167. The molecule has 0 saturated carbocycles. The maximum absolute atomic E-state index is 12.7. The van der Waals surface area contributed by atoms with Crippen LogP contribution in [0.4, 0.5) is 13.2 Å². The van der Waals surface area contributed by atoms with E-state index < -0.39 is 22.0 Å². The number of nitrogens with zero attached hydrogens (tertiary/aromatic N) is 5. The van der Waals surface area contributed by atoms with E-state index in [0.29, 0.717) is 4.52 Å². The minimum absolute atomic E-state index is 0.0486. The van der Waals surface area contributed by atoms with Crippen molar-refractivity contribution in [3.63, 3.8) is 0 Å². The second-order valence-corrected chi connectivity index (χ2v) is 7.42. The molecule has 0 bridgehead atoms. The van der Waals surface area contributed by atoms with Crippen molar-refractivity contribution in [1.82, 2.24) is 24.5 Å². The molecule has 0 spiro atoms. The summed E-state index contributed by atoms with van der Waals surface area (Å²) in [5.41, 5.74) is -0.0486. The van der Waals surface area contributed by atoms with Gasteiger partial charge in [-0.15, -0.1) is 10.2 Å².